The second-order valence-corrected chi connectivity index (χ2v) is 4.82. The second-order valence-electron chi connectivity index (χ2n) is 3.10. The standard InChI is InChI=1S/C9H10FNO5S/c1-16-8-4-6(10)2-3-7(8)11-17(14,15)5-9(12)13/h2-4,11H,5H2,1H3,(H,12,13). The quantitative estimate of drug-likeness (QED) is 0.814. The van der Waals surface area contributed by atoms with Crippen molar-refractivity contribution in [1.82, 2.24) is 0 Å². The van der Waals surface area contributed by atoms with E-state index in [1.165, 1.54) is 7.11 Å². The molecule has 0 bridgehead atoms. The summed E-state index contributed by atoms with van der Waals surface area (Å²) >= 11 is 0. The highest BCUT2D eigenvalue weighted by molar-refractivity contribution is 7.93. The van der Waals surface area contributed by atoms with Gasteiger partial charge in [-0.3, -0.25) is 9.52 Å². The van der Waals surface area contributed by atoms with Crippen LogP contribution in [-0.2, 0) is 14.8 Å². The molecular formula is C9H10FNO5S. The Morgan fingerprint density at radius 2 is 2.18 bits per heavy atom. The van der Waals surface area contributed by atoms with Crippen LogP contribution in [-0.4, -0.2) is 32.4 Å². The number of aliphatic carboxylic acids is 1. The maximum Gasteiger partial charge on any atom is 0.320 e. The van der Waals surface area contributed by atoms with Gasteiger partial charge in [0, 0.05) is 6.07 Å². The molecule has 0 aliphatic carbocycles. The minimum absolute atomic E-state index is 0.0184. The minimum Gasteiger partial charge on any atom is -0.494 e. The predicted octanol–water partition coefficient (Wildman–Crippen LogP) is 0.661. The van der Waals surface area contributed by atoms with Crippen molar-refractivity contribution in [2.45, 2.75) is 0 Å². The Kier molecular flexibility index (Phi) is 3.89. The first-order valence-electron chi connectivity index (χ1n) is 4.40. The van der Waals surface area contributed by atoms with Gasteiger partial charge in [-0.25, -0.2) is 12.8 Å². The third kappa shape index (κ3) is 3.91. The molecule has 1 aromatic rings. The van der Waals surface area contributed by atoms with Crippen molar-refractivity contribution in [3.05, 3.63) is 24.0 Å². The lowest BCUT2D eigenvalue weighted by molar-refractivity contribution is -0.134. The number of ether oxygens (including phenoxy) is 1. The molecule has 0 spiro atoms. The molecule has 0 aliphatic rings. The number of hydrogen-bond acceptors (Lipinski definition) is 4. The summed E-state index contributed by atoms with van der Waals surface area (Å²) in [5.74, 6) is -3.19. The lowest BCUT2D eigenvalue weighted by Gasteiger charge is -2.10. The molecule has 0 amide bonds. The molecule has 0 radical (unpaired) electrons. The lowest BCUT2D eigenvalue weighted by atomic mass is 10.3. The smallest absolute Gasteiger partial charge is 0.320 e. The van der Waals surface area contributed by atoms with Gasteiger partial charge in [0.05, 0.1) is 12.8 Å². The highest BCUT2D eigenvalue weighted by atomic mass is 32.2. The normalized spacial score (nSPS) is 10.9. The molecule has 8 heteroatoms. The zero-order chi connectivity index (χ0) is 13.1. The van der Waals surface area contributed by atoms with Crippen LogP contribution in [0.5, 0.6) is 5.75 Å². The van der Waals surface area contributed by atoms with E-state index in [0.29, 0.717) is 0 Å². The zero-order valence-electron chi connectivity index (χ0n) is 8.81. The van der Waals surface area contributed by atoms with Crippen molar-refractivity contribution in [1.29, 1.82) is 0 Å². The lowest BCUT2D eigenvalue weighted by Crippen LogP contribution is -2.22. The van der Waals surface area contributed by atoms with E-state index in [2.05, 4.69) is 0 Å². The first-order chi connectivity index (χ1) is 7.84. The van der Waals surface area contributed by atoms with Crippen LogP contribution in [0, 0.1) is 5.82 Å². The Hall–Kier alpha value is -1.83. The molecule has 0 fully saturated rings. The second kappa shape index (κ2) is 5.00. The van der Waals surface area contributed by atoms with Crippen LogP contribution in [0.15, 0.2) is 18.2 Å². The summed E-state index contributed by atoms with van der Waals surface area (Å²) < 4.78 is 42.2. The van der Waals surface area contributed by atoms with Crippen LogP contribution in [0.3, 0.4) is 0 Å². The van der Waals surface area contributed by atoms with E-state index < -0.39 is 27.6 Å². The van der Waals surface area contributed by atoms with Crippen LogP contribution in [0.1, 0.15) is 0 Å². The number of rotatable bonds is 5. The van der Waals surface area contributed by atoms with Crippen LogP contribution in [0.4, 0.5) is 10.1 Å². The summed E-state index contributed by atoms with van der Waals surface area (Å²) in [7, 11) is -2.79. The third-order valence-corrected chi connectivity index (χ3v) is 2.90. The molecule has 17 heavy (non-hydrogen) atoms. The molecular weight excluding hydrogens is 253 g/mol. The van der Waals surface area contributed by atoms with E-state index >= 15 is 0 Å². The number of hydrogen-bond donors (Lipinski definition) is 2. The molecule has 1 aromatic carbocycles. The van der Waals surface area contributed by atoms with Crippen molar-refractivity contribution in [3.63, 3.8) is 0 Å². The average molecular weight is 263 g/mol. The molecule has 0 aromatic heterocycles. The molecule has 0 heterocycles. The van der Waals surface area contributed by atoms with Gasteiger partial charge in [-0.2, -0.15) is 0 Å². The average Bonchev–Trinajstić information content (AvgIpc) is 2.18. The van der Waals surface area contributed by atoms with Gasteiger partial charge >= 0.3 is 5.97 Å². The summed E-state index contributed by atoms with van der Waals surface area (Å²) in [6.45, 7) is 0. The van der Waals surface area contributed by atoms with Crippen molar-refractivity contribution < 1.29 is 27.4 Å². The third-order valence-electron chi connectivity index (χ3n) is 1.74. The van der Waals surface area contributed by atoms with Crippen molar-refractivity contribution in [2.24, 2.45) is 0 Å². The van der Waals surface area contributed by atoms with E-state index in [1.54, 1.807) is 0 Å². The fraction of sp³-hybridized carbons (Fsp3) is 0.222. The Bertz CT molecular complexity index is 528. The van der Waals surface area contributed by atoms with E-state index in [0.717, 1.165) is 18.2 Å². The molecule has 2 N–H and O–H groups in total. The van der Waals surface area contributed by atoms with Gasteiger partial charge in [0.25, 0.3) is 0 Å². The summed E-state index contributed by atoms with van der Waals surface area (Å²) in [6.07, 6.45) is 0. The molecule has 1 rings (SSSR count). The van der Waals surface area contributed by atoms with E-state index in [9.17, 15) is 17.6 Å². The highest BCUT2D eigenvalue weighted by Gasteiger charge is 2.17. The molecule has 0 unspecified atom stereocenters. The monoisotopic (exact) mass is 263 g/mol. The van der Waals surface area contributed by atoms with Gasteiger partial charge in [-0.1, -0.05) is 0 Å². The Balaban J connectivity index is 2.99. The van der Waals surface area contributed by atoms with Gasteiger partial charge in [-0.05, 0) is 12.1 Å². The number of methoxy groups -OCH3 is 1. The van der Waals surface area contributed by atoms with Crippen molar-refractivity contribution >= 4 is 21.7 Å². The summed E-state index contributed by atoms with van der Waals surface area (Å²) in [5, 5.41) is 8.39. The molecule has 94 valence electrons. The van der Waals surface area contributed by atoms with Crippen LogP contribution >= 0.6 is 0 Å². The molecule has 6 nitrogen and oxygen atoms in total. The molecule has 0 saturated heterocycles. The van der Waals surface area contributed by atoms with Gasteiger partial charge < -0.3 is 9.84 Å². The first kappa shape index (κ1) is 13.2. The number of sulfonamides is 1. The minimum atomic E-state index is -4.03. The molecule has 0 aliphatic heterocycles. The van der Waals surface area contributed by atoms with Crippen molar-refractivity contribution in [3.8, 4) is 5.75 Å². The van der Waals surface area contributed by atoms with Crippen LogP contribution in [0.2, 0.25) is 0 Å². The van der Waals surface area contributed by atoms with E-state index in [-0.39, 0.29) is 11.4 Å². The fourth-order valence-corrected chi connectivity index (χ4v) is 2.02. The SMILES string of the molecule is COc1cc(F)ccc1NS(=O)(=O)CC(=O)O. The van der Waals surface area contributed by atoms with Gasteiger partial charge in [0.1, 0.15) is 11.6 Å². The van der Waals surface area contributed by atoms with Crippen LogP contribution in [0.25, 0.3) is 0 Å². The number of halogens is 1. The first-order valence-corrected chi connectivity index (χ1v) is 6.05. The summed E-state index contributed by atoms with van der Waals surface area (Å²) in [4.78, 5) is 10.3. The number of carboxylic acid groups (broad SMARTS) is 1. The van der Waals surface area contributed by atoms with E-state index in [4.69, 9.17) is 9.84 Å². The number of anilines is 1. The largest absolute Gasteiger partial charge is 0.494 e. The number of carbonyl (C=O) groups is 1. The number of nitrogens with one attached hydrogen (secondary N) is 1. The van der Waals surface area contributed by atoms with Gasteiger partial charge in [-0.15, -0.1) is 0 Å². The Labute approximate surface area is 97.1 Å². The number of carboxylic acids is 1. The maximum atomic E-state index is 12.8. The van der Waals surface area contributed by atoms with Gasteiger partial charge in [0.15, 0.2) is 5.75 Å². The van der Waals surface area contributed by atoms with Crippen LogP contribution < -0.4 is 9.46 Å². The van der Waals surface area contributed by atoms with E-state index in [1.807, 2.05) is 4.72 Å². The van der Waals surface area contributed by atoms with Gasteiger partial charge in [0.2, 0.25) is 10.0 Å². The van der Waals surface area contributed by atoms with Crippen molar-refractivity contribution in [2.75, 3.05) is 17.6 Å². The molecule has 0 atom stereocenters. The zero-order valence-corrected chi connectivity index (χ0v) is 9.62. The Morgan fingerprint density at radius 3 is 2.71 bits per heavy atom. The fourth-order valence-electron chi connectivity index (χ4n) is 1.12. The molecule has 0 saturated carbocycles. The summed E-state index contributed by atoms with van der Waals surface area (Å²) in [5.41, 5.74) is -0.0184. The highest BCUT2D eigenvalue weighted by Crippen LogP contribution is 2.25. The maximum absolute atomic E-state index is 12.8. The Morgan fingerprint density at radius 1 is 1.53 bits per heavy atom. The number of benzene rings is 1. The topological polar surface area (TPSA) is 92.7 Å². The predicted molar refractivity (Wildman–Crippen MR) is 58.0 cm³/mol. The summed E-state index contributed by atoms with van der Waals surface area (Å²) in [6, 6.07) is 3.16.